The first-order chi connectivity index (χ1) is 9.50. The van der Waals surface area contributed by atoms with Crippen LogP contribution in [-0.4, -0.2) is 16.4 Å². The Labute approximate surface area is 137 Å². The number of H-pyrrole nitrogens is 1. The molecule has 0 aliphatic carbocycles. The molecule has 0 radical (unpaired) electrons. The number of nitrogens with one attached hydrogen (secondary N) is 2. The maximum atomic E-state index is 11.3. The van der Waals surface area contributed by atoms with E-state index in [0.29, 0.717) is 26.3 Å². The lowest BCUT2D eigenvalue weighted by Gasteiger charge is -2.04. The van der Waals surface area contributed by atoms with Crippen molar-refractivity contribution < 1.29 is 0 Å². The van der Waals surface area contributed by atoms with Crippen molar-refractivity contribution in [2.45, 2.75) is 0 Å². The minimum atomic E-state index is -0.371. The van der Waals surface area contributed by atoms with E-state index < -0.39 is 0 Å². The zero-order chi connectivity index (χ0) is 14.7. The Morgan fingerprint density at radius 3 is 2.75 bits per heavy atom. The van der Waals surface area contributed by atoms with E-state index in [1.165, 1.54) is 12.4 Å². The van der Waals surface area contributed by atoms with Crippen LogP contribution in [0.1, 0.15) is 5.56 Å². The second-order valence-electron chi connectivity index (χ2n) is 3.55. The first-order valence-corrected chi connectivity index (χ1v) is 7.09. The molecule has 2 N–H and O–H groups in total. The third-order valence-electron chi connectivity index (χ3n) is 2.25. The Morgan fingerprint density at radius 1 is 1.30 bits per heavy atom. The Morgan fingerprint density at radius 2 is 2.00 bits per heavy atom. The van der Waals surface area contributed by atoms with E-state index in [2.05, 4.69) is 36.7 Å². The van der Waals surface area contributed by atoms with Gasteiger partial charge in [0.1, 0.15) is 4.47 Å². The van der Waals surface area contributed by atoms with E-state index in [-0.39, 0.29) is 10.0 Å². The summed E-state index contributed by atoms with van der Waals surface area (Å²) in [6.45, 7) is 0. The SMILES string of the molecule is O=c1[nH]ncc(NN=Cc2c(Cl)ccc(Cl)c2Cl)c1Br. The maximum Gasteiger partial charge on any atom is 0.280 e. The fraction of sp³-hybridized carbons (Fsp3) is 0. The summed E-state index contributed by atoms with van der Waals surface area (Å²) in [4.78, 5) is 11.3. The van der Waals surface area contributed by atoms with Crippen LogP contribution in [0.15, 0.2) is 32.7 Å². The molecule has 0 aliphatic heterocycles. The number of hydrogen-bond acceptors (Lipinski definition) is 4. The molecule has 0 spiro atoms. The fourth-order valence-corrected chi connectivity index (χ4v) is 2.20. The smallest absolute Gasteiger partial charge is 0.275 e. The summed E-state index contributed by atoms with van der Waals surface area (Å²) in [5.74, 6) is 0. The number of aromatic amines is 1. The van der Waals surface area contributed by atoms with E-state index >= 15 is 0 Å². The van der Waals surface area contributed by atoms with Crippen molar-refractivity contribution in [3.63, 3.8) is 0 Å². The van der Waals surface area contributed by atoms with Gasteiger partial charge in [0.05, 0.1) is 33.2 Å². The highest BCUT2D eigenvalue weighted by Gasteiger charge is 2.08. The minimum absolute atomic E-state index is 0.285. The molecule has 0 saturated carbocycles. The molecule has 0 amide bonds. The van der Waals surface area contributed by atoms with Gasteiger partial charge in [-0.25, -0.2) is 5.10 Å². The van der Waals surface area contributed by atoms with Crippen molar-refractivity contribution in [3.8, 4) is 0 Å². The van der Waals surface area contributed by atoms with Crippen molar-refractivity contribution >= 4 is 62.6 Å². The van der Waals surface area contributed by atoms with Gasteiger partial charge in [0, 0.05) is 5.56 Å². The molecule has 0 fully saturated rings. The van der Waals surface area contributed by atoms with Crippen molar-refractivity contribution in [1.82, 2.24) is 10.2 Å². The summed E-state index contributed by atoms with van der Waals surface area (Å²) in [7, 11) is 0. The summed E-state index contributed by atoms with van der Waals surface area (Å²) in [6.07, 6.45) is 2.81. The summed E-state index contributed by atoms with van der Waals surface area (Å²) in [5.41, 5.74) is 3.16. The van der Waals surface area contributed by atoms with Crippen molar-refractivity contribution in [2.24, 2.45) is 5.10 Å². The standard InChI is InChI=1S/C11H6BrCl3N4O/c12-9-8(4-17-19-11(9)20)18-16-3-5-6(13)1-2-7(14)10(5)15/h1-4H,(H2,18,19,20). The third kappa shape index (κ3) is 3.32. The van der Waals surface area contributed by atoms with Crippen LogP contribution in [0.4, 0.5) is 5.69 Å². The van der Waals surface area contributed by atoms with Gasteiger partial charge in [-0.1, -0.05) is 34.8 Å². The largest absolute Gasteiger partial charge is 0.280 e. The Hall–Kier alpha value is -1.08. The summed E-state index contributed by atoms with van der Waals surface area (Å²) in [5, 5.41) is 10.9. The van der Waals surface area contributed by atoms with Gasteiger partial charge < -0.3 is 0 Å². The molecule has 0 unspecified atom stereocenters. The van der Waals surface area contributed by atoms with Gasteiger partial charge in [-0.15, -0.1) is 0 Å². The second kappa shape index (κ2) is 6.58. The summed E-state index contributed by atoms with van der Waals surface area (Å²) < 4.78 is 0.285. The zero-order valence-electron chi connectivity index (χ0n) is 9.62. The monoisotopic (exact) mass is 394 g/mol. The van der Waals surface area contributed by atoms with Crippen LogP contribution in [0.3, 0.4) is 0 Å². The van der Waals surface area contributed by atoms with Crippen LogP contribution in [0, 0.1) is 0 Å². The normalized spacial score (nSPS) is 11.0. The van der Waals surface area contributed by atoms with E-state index in [4.69, 9.17) is 34.8 Å². The van der Waals surface area contributed by atoms with Crippen LogP contribution in [0.2, 0.25) is 15.1 Å². The number of hydrogen-bond donors (Lipinski definition) is 2. The molecule has 1 aromatic carbocycles. The van der Waals surface area contributed by atoms with Crippen molar-refractivity contribution in [3.05, 3.63) is 53.8 Å². The van der Waals surface area contributed by atoms with Crippen LogP contribution >= 0.6 is 50.7 Å². The highest BCUT2D eigenvalue weighted by Crippen LogP contribution is 2.30. The highest BCUT2D eigenvalue weighted by atomic mass is 79.9. The minimum Gasteiger partial charge on any atom is -0.275 e. The molecule has 0 atom stereocenters. The number of aromatic nitrogens is 2. The Bertz CT molecular complexity index is 732. The van der Waals surface area contributed by atoms with Gasteiger partial charge in [0.2, 0.25) is 0 Å². The molecule has 1 aromatic heterocycles. The van der Waals surface area contributed by atoms with E-state index in [1.54, 1.807) is 12.1 Å². The molecule has 0 aliphatic rings. The van der Waals surface area contributed by atoms with E-state index in [0.717, 1.165) is 0 Å². The predicted octanol–water partition coefficient (Wildman–Crippen LogP) is 3.94. The van der Waals surface area contributed by atoms with Crippen LogP contribution < -0.4 is 11.0 Å². The zero-order valence-corrected chi connectivity index (χ0v) is 13.5. The van der Waals surface area contributed by atoms with Crippen LogP contribution in [0.25, 0.3) is 0 Å². The molecular weight excluding hydrogens is 390 g/mol. The van der Waals surface area contributed by atoms with E-state index in [1.807, 2.05) is 0 Å². The fourth-order valence-electron chi connectivity index (χ4n) is 1.29. The Kier molecular flexibility index (Phi) is 5.04. The van der Waals surface area contributed by atoms with Gasteiger partial charge in [0.15, 0.2) is 0 Å². The lowest BCUT2D eigenvalue weighted by atomic mass is 10.2. The van der Waals surface area contributed by atoms with Crippen LogP contribution in [-0.2, 0) is 0 Å². The topological polar surface area (TPSA) is 70.1 Å². The lowest BCUT2D eigenvalue weighted by molar-refractivity contribution is 0.977. The molecule has 0 bridgehead atoms. The molecule has 2 aromatic rings. The number of rotatable bonds is 3. The van der Waals surface area contributed by atoms with E-state index in [9.17, 15) is 4.79 Å². The number of nitrogens with zero attached hydrogens (tertiary/aromatic N) is 2. The molecule has 104 valence electrons. The summed E-state index contributed by atoms with van der Waals surface area (Å²) >= 11 is 21.0. The number of hydrazone groups is 1. The molecule has 2 rings (SSSR count). The number of halogens is 4. The first-order valence-electron chi connectivity index (χ1n) is 5.16. The number of anilines is 1. The van der Waals surface area contributed by atoms with Gasteiger partial charge in [-0.05, 0) is 28.1 Å². The quantitative estimate of drug-likeness (QED) is 0.469. The molecule has 0 saturated heterocycles. The van der Waals surface area contributed by atoms with Gasteiger partial charge in [0.25, 0.3) is 5.56 Å². The number of benzene rings is 1. The van der Waals surface area contributed by atoms with Crippen molar-refractivity contribution in [2.75, 3.05) is 5.43 Å². The molecule has 9 heteroatoms. The Balaban J connectivity index is 2.25. The molecular formula is C11H6BrCl3N4O. The first kappa shape index (κ1) is 15.3. The van der Waals surface area contributed by atoms with Crippen molar-refractivity contribution in [1.29, 1.82) is 0 Å². The predicted molar refractivity (Wildman–Crippen MR) is 85.2 cm³/mol. The molecule has 20 heavy (non-hydrogen) atoms. The summed E-state index contributed by atoms with van der Waals surface area (Å²) in [6, 6.07) is 3.20. The third-order valence-corrected chi connectivity index (χ3v) is 4.19. The maximum absolute atomic E-state index is 11.3. The van der Waals surface area contributed by atoms with Gasteiger partial charge in [-0.2, -0.15) is 10.2 Å². The molecule has 1 heterocycles. The lowest BCUT2D eigenvalue weighted by Crippen LogP contribution is -2.10. The highest BCUT2D eigenvalue weighted by molar-refractivity contribution is 9.10. The van der Waals surface area contributed by atoms with Gasteiger partial charge >= 0.3 is 0 Å². The second-order valence-corrected chi connectivity index (χ2v) is 5.54. The molecule has 5 nitrogen and oxygen atoms in total. The average Bonchev–Trinajstić information content (AvgIpc) is 2.43. The van der Waals surface area contributed by atoms with Gasteiger partial charge in [-0.3, -0.25) is 10.2 Å². The average molecular weight is 396 g/mol. The van der Waals surface area contributed by atoms with Crippen LogP contribution in [0.5, 0.6) is 0 Å².